The van der Waals surface area contributed by atoms with E-state index >= 15 is 0 Å². The molecule has 6 heteroatoms. The van der Waals surface area contributed by atoms with Crippen molar-refractivity contribution < 1.29 is 9.18 Å². The van der Waals surface area contributed by atoms with E-state index in [1.165, 1.54) is 12.1 Å². The number of imidazole rings is 1. The normalized spacial score (nSPS) is 12.4. The van der Waals surface area contributed by atoms with Crippen LogP contribution in [0.1, 0.15) is 22.1 Å². The highest BCUT2D eigenvalue weighted by molar-refractivity contribution is 6.11. The van der Waals surface area contributed by atoms with E-state index in [1.54, 1.807) is 23.9 Å². The monoisotopic (exact) mass is 332 g/mol. The largest absolute Gasteiger partial charge is 0.350 e. The van der Waals surface area contributed by atoms with Gasteiger partial charge in [-0.05, 0) is 30.3 Å². The third-order valence-corrected chi connectivity index (χ3v) is 4.29. The number of para-hydroxylation sites is 2. The van der Waals surface area contributed by atoms with Gasteiger partial charge in [0.1, 0.15) is 11.6 Å². The number of hydrogen-bond donors (Lipinski definition) is 1. The summed E-state index contributed by atoms with van der Waals surface area (Å²) in [7, 11) is 1.78. The number of hydrogen-bond acceptors (Lipinski definition) is 3. The molecule has 0 spiro atoms. The molecule has 4 aromatic rings. The summed E-state index contributed by atoms with van der Waals surface area (Å²) in [5.74, 6) is -1.62. The predicted molar refractivity (Wildman–Crippen MR) is 91.7 cm³/mol. The molecule has 0 bridgehead atoms. The first kappa shape index (κ1) is 15.1. The van der Waals surface area contributed by atoms with Gasteiger partial charge in [0.25, 0.3) is 0 Å². The van der Waals surface area contributed by atoms with E-state index in [9.17, 15) is 14.4 Å². The fourth-order valence-electron chi connectivity index (χ4n) is 3.07. The van der Waals surface area contributed by atoms with Crippen LogP contribution in [0, 0.1) is 17.1 Å². The first-order valence-electron chi connectivity index (χ1n) is 7.71. The molecule has 1 atom stereocenters. The van der Waals surface area contributed by atoms with Gasteiger partial charge in [0.05, 0.1) is 17.1 Å². The van der Waals surface area contributed by atoms with Crippen LogP contribution in [0.5, 0.6) is 0 Å². The van der Waals surface area contributed by atoms with Crippen molar-refractivity contribution in [2.24, 2.45) is 7.05 Å². The van der Waals surface area contributed by atoms with Crippen molar-refractivity contribution >= 4 is 27.7 Å². The molecule has 0 saturated carbocycles. The molecule has 0 aliphatic carbocycles. The minimum atomic E-state index is -1.08. The number of H-pyrrole nitrogens is 1. The maximum absolute atomic E-state index is 13.6. The summed E-state index contributed by atoms with van der Waals surface area (Å²) in [6.07, 6.45) is 1.62. The van der Waals surface area contributed by atoms with Crippen molar-refractivity contribution in [3.63, 3.8) is 0 Å². The molecule has 0 aliphatic heterocycles. The molecular weight excluding hydrogens is 319 g/mol. The highest BCUT2D eigenvalue weighted by atomic mass is 19.1. The second-order valence-corrected chi connectivity index (χ2v) is 5.88. The number of aromatic nitrogens is 3. The number of aryl methyl sites for hydroxylation is 1. The zero-order valence-electron chi connectivity index (χ0n) is 13.3. The van der Waals surface area contributed by atoms with Crippen LogP contribution in [0.2, 0.25) is 0 Å². The minimum Gasteiger partial charge on any atom is -0.350 e. The van der Waals surface area contributed by atoms with Crippen molar-refractivity contribution in [1.29, 1.82) is 5.26 Å². The topological polar surface area (TPSA) is 74.5 Å². The SMILES string of the molecule is Cn1cc(C(=O)[C@@H](C#N)c2nc3ccccc3[nH]2)c2cc(F)ccc21. The molecule has 0 unspecified atom stereocenters. The lowest BCUT2D eigenvalue weighted by molar-refractivity contribution is 0.0978. The van der Waals surface area contributed by atoms with Gasteiger partial charge in [-0.1, -0.05) is 12.1 Å². The number of fused-ring (bicyclic) bond motifs is 2. The Balaban J connectivity index is 1.84. The zero-order chi connectivity index (χ0) is 17.6. The van der Waals surface area contributed by atoms with Gasteiger partial charge in [0.15, 0.2) is 11.7 Å². The molecule has 122 valence electrons. The lowest BCUT2D eigenvalue weighted by Gasteiger charge is -2.04. The minimum absolute atomic E-state index is 0.294. The van der Waals surface area contributed by atoms with E-state index in [-0.39, 0.29) is 0 Å². The number of rotatable bonds is 3. The highest BCUT2D eigenvalue weighted by Crippen LogP contribution is 2.27. The summed E-state index contributed by atoms with van der Waals surface area (Å²) < 4.78 is 15.4. The second-order valence-electron chi connectivity index (χ2n) is 5.88. The fourth-order valence-corrected chi connectivity index (χ4v) is 3.07. The number of nitriles is 1. The Bertz CT molecular complexity index is 1130. The molecule has 1 N–H and O–H groups in total. The molecule has 0 radical (unpaired) electrons. The molecule has 4 rings (SSSR count). The van der Waals surface area contributed by atoms with E-state index < -0.39 is 17.5 Å². The van der Waals surface area contributed by atoms with Crippen molar-refractivity contribution in [2.45, 2.75) is 5.92 Å². The number of carbonyl (C=O) groups is 1. The van der Waals surface area contributed by atoms with Crippen LogP contribution in [-0.4, -0.2) is 20.3 Å². The van der Waals surface area contributed by atoms with Gasteiger partial charge in [0.2, 0.25) is 0 Å². The number of carbonyl (C=O) groups excluding carboxylic acids is 1. The summed E-state index contributed by atoms with van der Waals surface area (Å²) >= 11 is 0. The van der Waals surface area contributed by atoms with Gasteiger partial charge in [-0.3, -0.25) is 4.79 Å². The number of Topliss-reactive ketones (excluding diaryl/α,β-unsaturated/α-hetero) is 1. The fraction of sp³-hybridized carbons (Fsp3) is 0.105. The molecule has 2 aromatic heterocycles. The highest BCUT2D eigenvalue weighted by Gasteiger charge is 2.27. The number of aromatic amines is 1. The van der Waals surface area contributed by atoms with Crippen molar-refractivity contribution in [3.8, 4) is 6.07 Å². The Labute approximate surface area is 142 Å². The van der Waals surface area contributed by atoms with Crippen molar-refractivity contribution in [1.82, 2.24) is 14.5 Å². The maximum atomic E-state index is 13.6. The Kier molecular flexibility index (Phi) is 3.36. The Morgan fingerprint density at radius 3 is 2.88 bits per heavy atom. The molecular formula is C19H13FN4O. The number of benzene rings is 2. The number of halogens is 1. The first-order chi connectivity index (χ1) is 12.1. The van der Waals surface area contributed by atoms with Gasteiger partial charge < -0.3 is 9.55 Å². The van der Waals surface area contributed by atoms with E-state index in [2.05, 4.69) is 9.97 Å². The van der Waals surface area contributed by atoms with Gasteiger partial charge >= 0.3 is 0 Å². The summed E-state index contributed by atoms with van der Waals surface area (Å²) in [6, 6.07) is 13.6. The predicted octanol–water partition coefficient (Wildman–Crippen LogP) is 3.68. The van der Waals surface area contributed by atoms with Crippen LogP contribution < -0.4 is 0 Å². The molecule has 25 heavy (non-hydrogen) atoms. The summed E-state index contributed by atoms with van der Waals surface area (Å²) in [5.41, 5.74) is 2.49. The van der Waals surface area contributed by atoms with E-state index in [4.69, 9.17) is 0 Å². The van der Waals surface area contributed by atoms with Crippen LogP contribution in [0.4, 0.5) is 4.39 Å². The standard InChI is InChI=1S/C19H13FN4O/c1-24-10-14(12-8-11(20)6-7-17(12)24)18(25)13(9-21)19-22-15-4-2-3-5-16(15)23-19/h2-8,10,13H,1H3,(H,22,23)/t13-/m1/s1. The van der Waals surface area contributed by atoms with Gasteiger partial charge in [-0.25, -0.2) is 9.37 Å². The molecule has 2 heterocycles. The van der Waals surface area contributed by atoms with E-state index in [0.717, 1.165) is 11.0 Å². The Morgan fingerprint density at radius 1 is 1.32 bits per heavy atom. The number of nitrogens with one attached hydrogen (secondary N) is 1. The molecule has 2 aromatic carbocycles. The number of nitrogens with zero attached hydrogens (tertiary/aromatic N) is 3. The average Bonchev–Trinajstić information content (AvgIpc) is 3.16. The van der Waals surface area contributed by atoms with Crippen LogP contribution in [0.25, 0.3) is 21.9 Å². The molecule has 0 aliphatic rings. The second kappa shape index (κ2) is 5.56. The third kappa shape index (κ3) is 2.37. The molecule has 0 fully saturated rings. The van der Waals surface area contributed by atoms with Crippen LogP contribution in [0.15, 0.2) is 48.7 Å². The Hall–Kier alpha value is -3.46. The zero-order valence-corrected chi connectivity index (χ0v) is 13.3. The van der Waals surface area contributed by atoms with Crippen molar-refractivity contribution in [3.05, 3.63) is 65.9 Å². The maximum Gasteiger partial charge on any atom is 0.189 e. The summed E-state index contributed by atoms with van der Waals surface area (Å²) in [6.45, 7) is 0. The first-order valence-corrected chi connectivity index (χ1v) is 7.71. The van der Waals surface area contributed by atoms with Gasteiger partial charge in [-0.15, -0.1) is 0 Å². The van der Waals surface area contributed by atoms with Gasteiger partial charge in [0, 0.05) is 29.7 Å². The van der Waals surface area contributed by atoms with Crippen LogP contribution in [0.3, 0.4) is 0 Å². The van der Waals surface area contributed by atoms with Crippen LogP contribution in [-0.2, 0) is 7.05 Å². The Morgan fingerprint density at radius 2 is 2.12 bits per heavy atom. The van der Waals surface area contributed by atoms with Crippen molar-refractivity contribution in [2.75, 3.05) is 0 Å². The molecule has 5 nitrogen and oxygen atoms in total. The summed E-state index contributed by atoms with van der Waals surface area (Å²) in [4.78, 5) is 20.4. The van der Waals surface area contributed by atoms with Gasteiger partial charge in [-0.2, -0.15) is 5.26 Å². The quantitative estimate of drug-likeness (QED) is 0.582. The lowest BCUT2D eigenvalue weighted by atomic mass is 9.98. The number of ketones is 1. The van der Waals surface area contributed by atoms with E-state index in [1.807, 2.05) is 30.3 Å². The van der Waals surface area contributed by atoms with Crippen LogP contribution >= 0.6 is 0 Å². The lowest BCUT2D eigenvalue weighted by Crippen LogP contribution is -2.12. The average molecular weight is 332 g/mol. The molecule has 0 amide bonds. The smallest absolute Gasteiger partial charge is 0.189 e. The van der Waals surface area contributed by atoms with E-state index in [0.29, 0.717) is 22.3 Å². The third-order valence-electron chi connectivity index (χ3n) is 4.29. The summed E-state index contributed by atoms with van der Waals surface area (Å²) in [5, 5.41) is 10.0. The molecule has 0 saturated heterocycles.